The number of nitrogens with one attached hydrogen (secondary N) is 1. The Hall–Kier alpha value is -2.22. The second kappa shape index (κ2) is 10.4. The van der Waals surface area contributed by atoms with Crippen LogP contribution in [0.3, 0.4) is 0 Å². The first-order chi connectivity index (χ1) is 13.6. The molecule has 0 unspecified atom stereocenters. The Morgan fingerprint density at radius 1 is 1.18 bits per heavy atom. The molecule has 7 heteroatoms. The second-order valence-electron chi connectivity index (χ2n) is 6.98. The van der Waals surface area contributed by atoms with Gasteiger partial charge in [0, 0.05) is 17.7 Å². The number of amides is 1. The molecule has 0 aromatic heterocycles. The lowest BCUT2D eigenvalue weighted by Gasteiger charge is -2.33. The van der Waals surface area contributed by atoms with Gasteiger partial charge in [0.1, 0.15) is 0 Å². The highest BCUT2D eigenvalue weighted by molar-refractivity contribution is 5.92. The number of carbonyl (C=O) groups is 2. The van der Waals surface area contributed by atoms with Crippen LogP contribution in [0.1, 0.15) is 25.3 Å². The molecule has 1 amide bonds. The highest BCUT2D eigenvalue weighted by Gasteiger charge is 2.30. The lowest BCUT2D eigenvalue weighted by atomic mass is 9.96. The number of likely N-dealkylation sites (tertiary alicyclic amines) is 1. The molecule has 1 aromatic rings. The van der Waals surface area contributed by atoms with Crippen molar-refractivity contribution in [3.05, 3.63) is 35.9 Å². The van der Waals surface area contributed by atoms with Crippen LogP contribution in [-0.2, 0) is 23.8 Å². The third kappa shape index (κ3) is 6.15. The molecule has 2 aliphatic rings. The Kier molecular flexibility index (Phi) is 7.59. The number of anilines is 1. The monoisotopic (exact) mass is 388 g/mol. The molecule has 0 bridgehead atoms. The highest BCUT2D eigenvalue weighted by atomic mass is 16.7. The van der Waals surface area contributed by atoms with Gasteiger partial charge in [0.25, 0.3) is 0 Å². The van der Waals surface area contributed by atoms with Crippen molar-refractivity contribution in [3.8, 4) is 0 Å². The molecule has 28 heavy (non-hydrogen) atoms. The number of hydrogen-bond acceptors (Lipinski definition) is 6. The van der Waals surface area contributed by atoms with E-state index in [0.717, 1.165) is 37.2 Å². The predicted octanol–water partition coefficient (Wildman–Crippen LogP) is 2.29. The van der Waals surface area contributed by atoms with Gasteiger partial charge < -0.3 is 19.5 Å². The maximum Gasteiger partial charge on any atom is 0.330 e. The van der Waals surface area contributed by atoms with E-state index in [1.807, 2.05) is 24.3 Å². The molecule has 0 spiro atoms. The Labute approximate surface area is 165 Å². The van der Waals surface area contributed by atoms with Gasteiger partial charge in [0.2, 0.25) is 5.91 Å². The van der Waals surface area contributed by atoms with Gasteiger partial charge in [-0.1, -0.05) is 12.1 Å². The molecule has 1 aromatic carbocycles. The first-order valence-corrected chi connectivity index (χ1v) is 9.84. The number of carbonyl (C=O) groups excluding carboxylic acids is 2. The topological polar surface area (TPSA) is 77.1 Å². The molecule has 0 saturated carbocycles. The number of rotatable bonds is 7. The zero-order valence-electron chi connectivity index (χ0n) is 16.3. The molecule has 1 N–H and O–H groups in total. The van der Waals surface area contributed by atoms with E-state index in [0.29, 0.717) is 32.3 Å². The quantitative estimate of drug-likeness (QED) is 0.570. The number of nitrogens with zero attached hydrogens (tertiary/aromatic N) is 1. The fourth-order valence-corrected chi connectivity index (χ4v) is 3.47. The summed E-state index contributed by atoms with van der Waals surface area (Å²) in [6.45, 7) is 5.62. The fraction of sp³-hybridized carbons (Fsp3) is 0.524. The molecule has 152 valence electrons. The van der Waals surface area contributed by atoms with Gasteiger partial charge in [-0.2, -0.15) is 0 Å². The van der Waals surface area contributed by atoms with Crippen molar-refractivity contribution in [3.63, 3.8) is 0 Å². The number of piperidine rings is 1. The third-order valence-electron chi connectivity index (χ3n) is 4.92. The van der Waals surface area contributed by atoms with Crippen LogP contribution in [0, 0.1) is 5.92 Å². The van der Waals surface area contributed by atoms with E-state index in [1.54, 1.807) is 13.0 Å². The molecular weight excluding hydrogens is 360 g/mol. The second-order valence-corrected chi connectivity index (χ2v) is 6.98. The van der Waals surface area contributed by atoms with Gasteiger partial charge >= 0.3 is 5.97 Å². The maximum atomic E-state index is 12.3. The van der Waals surface area contributed by atoms with Crippen LogP contribution in [0.5, 0.6) is 0 Å². The normalized spacial score (nSPS) is 19.2. The Balaban J connectivity index is 1.40. The average Bonchev–Trinajstić information content (AvgIpc) is 3.23. The predicted molar refractivity (Wildman–Crippen MR) is 106 cm³/mol. The van der Waals surface area contributed by atoms with Crippen LogP contribution in [0.25, 0.3) is 6.08 Å². The molecule has 3 rings (SSSR count). The molecule has 2 heterocycles. The molecule has 7 nitrogen and oxygen atoms in total. The van der Waals surface area contributed by atoms with Gasteiger partial charge in [0.05, 0.1) is 26.4 Å². The standard InChI is InChI=1S/C21H28N2O5/c1-2-26-20(25)8-5-16-3-6-18(7-4-16)22-19(24)15-23-11-9-17(10-12-23)21-27-13-14-28-21/h3-8,17,21H,2,9-15H2,1H3,(H,22,24)/b8-5+. The minimum atomic E-state index is -0.366. The fourth-order valence-electron chi connectivity index (χ4n) is 3.47. The number of ether oxygens (including phenoxy) is 3. The first-order valence-electron chi connectivity index (χ1n) is 9.84. The van der Waals surface area contributed by atoms with Crippen LogP contribution in [-0.4, -0.2) is 62.5 Å². The molecule has 2 saturated heterocycles. The van der Waals surface area contributed by atoms with Crippen LogP contribution in [0.4, 0.5) is 5.69 Å². The molecule has 2 aliphatic heterocycles. The van der Waals surface area contributed by atoms with Gasteiger partial charge in [0.15, 0.2) is 6.29 Å². The van der Waals surface area contributed by atoms with E-state index in [-0.39, 0.29) is 18.2 Å². The van der Waals surface area contributed by atoms with Crippen LogP contribution in [0.2, 0.25) is 0 Å². The van der Waals surface area contributed by atoms with Crippen molar-refractivity contribution in [1.29, 1.82) is 0 Å². The SMILES string of the molecule is CCOC(=O)/C=C/c1ccc(NC(=O)CN2CCC(C3OCCO3)CC2)cc1. The lowest BCUT2D eigenvalue weighted by Crippen LogP contribution is -2.41. The molecule has 0 radical (unpaired) electrons. The van der Waals surface area contributed by atoms with Crippen molar-refractivity contribution >= 4 is 23.6 Å². The molecule has 0 atom stereocenters. The van der Waals surface area contributed by atoms with Crippen LogP contribution < -0.4 is 5.32 Å². The largest absolute Gasteiger partial charge is 0.463 e. The van der Waals surface area contributed by atoms with Crippen molar-refractivity contribution in [1.82, 2.24) is 4.90 Å². The zero-order valence-corrected chi connectivity index (χ0v) is 16.3. The van der Waals surface area contributed by atoms with Gasteiger partial charge in [-0.25, -0.2) is 4.79 Å². The van der Waals surface area contributed by atoms with Crippen LogP contribution >= 0.6 is 0 Å². The summed E-state index contributed by atoms with van der Waals surface area (Å²) >= 11 is 0. The van der Waals surface area contributed by atoms with Gasteiger partial charge in [-0.15, -0.1) is 0 Å². The summed E-state index contributed by atoms with van der Waals surface area (Å²) in [7, 11) is 0. The van der Waals surface area contributed by atoms with Crippen molar-refractivity contribution < 1.29 is 23.8 Å². The average molecular weight is 388 g/mol. The van der Waals surface area contributed by atoms with E-state index >= 15 is 0 Å². The van der Waals surface area contributed by atoms with E-state index in [1.165, 1.54) is 6.08 Å². The lowest BCUT2D eigenvalue weighted by molar-refractivity contribution is -0.137. The number of esters is 1. The Morgan fingerprint density at radius 3 is 2.50 bits per heavy atom. The smallest absolute Gasteiger partial charge is 0.330 e. The molecule has 0 aliphatic carbocycles. The summed E-state index contributed by atoms with van der Waals surface area (Å²) in [4.78, 5) is 25.8. The summed E-state index contributed by atoms with van der Waals surface area (Å²) < 4.78 is 16.0. The van der Waals surface area contributed by atoms with Crippen LogP contribution in [0.15, 0.2) is 30.3 Å². The summed E-state index contributed by atoms with van der Waals surface area (Å²) in [5, 5.41) is 2.92. The van der Waals surface area contributed by atoms with E-state index < -0.39 is 0 Å². The van der Waals surface area contributed by atoms with Crippen molar-refractivity contribution in [2.75, 3.05) is 44.8 Å². The molecule has 2 fully saturated rings. The zero-order chi connectivity index (χ0) is 19.8. The van der Waals surface area contributed by atoms with Crippen molar-refractivity contribution in [2.24, 2.45) is 5.92 Å². The summed E-state index contributed by atoms with van der Waals surface area (Å²) in [6.07, 6.45) is 4.99. The number of benzene rings is 1. The number of hydrogen-bond donors (Lipinski definition) is 1. The maximum absolute atomic E-state index is 12.3. The van der Waals surface area contributed by atoms with E-state index in [2.05, 4.69) is 10.2 Å². The third-order valence-corrected chi connectivity index (χ3v) is 4.92. The summed E-state index contributed by atoms with van der Waals surface area (Å²) in [6, 6.07) is 7.34. The minimum Gasteiger partial charge on any atom is -0.463 e. The Bertz CT molecular complexity index is 675. The van der Waals surface area contributed by atoms with Crippen molar-refractivity contribution in [2.45, 2.75) is 26.1 Å². The van der Waals surface area contributed by atoms with Gasteiger partial charge in [-0.3, -0.25) is 9.69 Å². The molecular formula is C21H28N2O5. The van der Waals surface area contributed by atoms with E-state index in [9.17, 15) is 9.59 Å². The summed E-state index contributed by atoms with van der Waals surface area (Å²) in [5.74, 6) is 0.0355. The minimum absolute atomic E-state index is 0.0263. The highest BCUT2D eigenvalue weighted by Crippen LogP contribution is 2.25. The first kappa shape index (κ1) is 20.5. The Morgan fingerprint density at radius 2 is 1.86 bits per heavy atom. The summed E-state index contributed by atoms with van der Waals surface area (Å²) in [5.41, 5.74) is 1.60. The van der Waals surface area contributed by atoms with E-state index in [4.69, 9.17) is 14.2 Å². The van der Waals surface area contributed by atoms with Gasteiger partial charge in [-0.05, 0) is 56.6 Å².